The van der Waals surface area contributed by atoms with Gasteiger partial charge >= 0.3 is 0 Å². The lowest BCUT2D eigenvalue weighted by atomic mass is 9.87. The Morgan fingerprint density at radius 2 is 2.07 bits per heavy atom. The van der Waals surface area contributed by atoms with Crippen LogP contribution in [0.2, 0.25) is 0 Å². The number of nitrogen functional groups attached to an aromatic ring is 1. The highest BCUT2D eigenvalue weighted by atomic mass is 15.4. The number of hydrogen-bond donors (Lipinski definition) is 1. The van der Waals surface area contributed by atoms with Crippen molar-refractivity contribution in [2.45, 2.75) is 26.2 Å². The maximum absolute atomic E-state index is 5.84. The summed E-state index contributed by atoms with van der Waals surface area (Å²) >= 11 is 0. The van der Waals surface area contributed by atoms with Gasteiger partial charge < -0.3 is 5.73 Å². The lowest BCUT2D eigenvalue weighted by Crippen LogP contribution is -2.13. The van der Waals surface area contributed by atoms with Gasteiger partial charge in [-0.25, -0.2) is 4.98 Å². The Kier molecular flexibility index (Phi) is 1.70. The minimum absolute atomic E-state index is 0.0451. The molecule has 0 saturated carbocycles. The summed E-state index contributed by atoms with van der Waals surface area (Å²) in [5, 5.41) is 8.11. The van der Waals surface area contributed by atoms with Crippen molar-refractivity contribution in [1.29, 1.82) is 0 Å². The largest absolute Gasteiger partial charge is 0.382 e. The van der Waals surface area contributed by atoms with Crippen molar-refractivity contribution in [2.75, 3.05) is 5.73 Å². The van der Waals surface area contributed by atoms with Crippen LogP contribution in [0.1, 0.15) is 26.3 Å². The van der Waals surface area contributed by atoms with Crippen LogP contribution in [0.4, 0.5) is 5.82 Å². The van der Waals surface area contributed by atoms with Crippen molar-refractivity contribution >= 4 is 11.3 Å². The molecule has 5 heteroatoms. The van der Waals surface area contributed by atoms with E-state index in [1.165, 1.54) is 11.0 Å². The third-order valence-electron chi connectivity index (χ3n) is 2.10. The lowest BCUT2D eigenvalue weighted by Gasteiger charge is -2.17. The Morgan fingerprint density at radius 3 is 2.71 bits per heavy atom. The minimum Gasteiger partial charge on any atom is -0.382 e. The van der Waals surface area contributed by atoms with Gasteiger partial charge in [0.1, 0.15) is 11.8 Å². The van der Waals surface area contributed by atoms with E-state index in [2.05, 4.69) is 36.0 Å². The van der Waals surface area contributed by atoms with Crippen LogP contribution in [-0.2, 0) is 5.41 Å². The zero-order valence-corrected chi connectivity index (χ0v) is 8.52. The molecular formula is C9H13N5. The predicted octanol–water partition coefficient (Wildman–Crippen LogP) is 1.00. The molecule has 0 aliphatic heterocycles. The van der Waals surface area contributed by atoms with Gasteiger partial charge in [0.2, 0.25) is 0 Å². The van der Waals surface area contributed by atoms with Crippen LogP contribution in [0.5, 0.6) is 0 Å². The van der Waals surface area contributed by atoms with Crippen LogP contribution >= 0.6 is 0 Å². The maximum Gasteiger partial charge on any atom is 0.152 e. The van der Waals surface area contributed by atoms with Crippen LogP contribution in [0, 0.1) is 0 Å². The number of fused-ring (bicyclic) bond motifs is 1. The SMILES string of the molecule is CC(C)(C)c1c(N)nn2ncncc12. The van der Waals surface area contributed by atoms with Crippen LogP contribution in [0.15, 0.2) is 12.5 Å². The first kappa shape index (κ1) is 8.93. The van der Waals surface area contributed by atoms with E-state index in [4.69, 9.17) is 5.73 Å². The third kappa shape index (κ3) is 1.21. The molecule has 0 aliphatic carbocycles. The first-order valence-electron chi connectivity index (χ1n) is 4.45. The second-order valence-electron chi connectivity index (χ2n) is 4.29. The standard InChI is InChI=1S/C9H13N5/c1-9(2,3)7-6-4-11-5-12-14(6)13-8(7)10/h4-5H,1-3H3,(H2,10,13). The average molecular weight is 191 g/mol. The summed E-state index contributed by atoms with van der Waals surface area (Å²) in [7, 11) is 0. The molecule has 2 heterocycles. The Hall–Kier alpha value is -1.65. The fourth-order valence-electron chi connectivity index (χ4n) is 1.59. The van der Waals surface area contributed by atoms with Crippen molar-refractivity contribution in [2.24, 2.45) is 0 Å². The van der Waals surface area contributed by atoms with Gasteiger partial charge in [-0.1, -0.05) is 20.8 Å². The highest BCUT2D eigenvalue weighted by Gasteiger charge is 2.23. The fourth-order valence-corrected chi connectivity index (χ4v) is 1.59. The zero-order valence-electron chi connectivity index (χ0n) is 8.52. The van der Waals surface area contributed by atoms with Gasteiger partial charge in [-0.3, -0.25) is 0 Å². The van der Waals surface area contributed by atoms with Gasteiger partial charge in [0.15, 0.2) is 5.82 Å². The molecule has 0 spiro atoms. The first-order chi connectivity index (χ1) is 6.50. The number of nitrogens with two attached hydrogens (primary N) is 1. The van der Waals surface area contributed by atoms with Gasteiger partial charge in [0.05, 0.1) is 6.20 Å². The first-order valence-corrected chi connectivity index (χ1v) is 4.45. The third-order valence-corrected chi connectivity index (χ3v) is 2.10. The summed E-state index contributed by atoms with van der Waals surface area (Å²) in [5.74, 6) is 0.526. The molecule has 2 aromatic rings. The number of nitrogens with zero attached hydrogens (tertiary/aromatic N) is 4. The molecule has 0 aliphatic rings. The summed E-state index contributed by atoms with van der Waals surface area (Å²) < 4.78 is 1.52. The highest BCUT2D eigenvalue weighted by molar-refractivity contribution is 5.64. The van der Waals surface area contributed by atoms with E-state index in [9.17, 15) is 0 Å². The molecule has 2 rings (SSSR count). The Morgan fingerprint density at radius 1 is 1.36 bits per heavy atom. The highest BCUT2D eigenvalue weighted by Crippen LogP contribution is 2.30. The monoisotopic (exact) mass is 191 g/mol. The van der Waals surface area contributed by atoms with Crippen molar-refractivity contribution < 1.29 is 0 Å². The van der Waals surface area contributed by atoms with Crippen LogP contribution in [0.25, 0.3) is 5.52 Å². The molecule has 0 saturated heterocycles. The molecule has 0 aromatic carbocycles. The summed E-state index contributed by atoms with van der Waals surface area (Å²) in [6, 6.07) is 0. The quantitative estimate of drug-likeness (QED) is 0.674. The Balaban J connectivity index is 2.81. The van der Waals surface area contributed by atoms with Crippen LogP contribution in [-0.4, -0.2) is 19.8 Å². The molecule has 2 N–H and O–H groups in total. The molecule has 0 atom stereocenters. The molecule has 5 nitrogen and oxygen atoms in total. The summed E-state index contributed by atoms with van der Waals surface area (Å²) in [6.07, 6.45) is 3.18. The molecule has 0 amide bonds. The lowest BCUT2D eigenvalue weighted by molar-refractivity contribution is 0.597. The molecule has 74 valence electrons. The topological polar surface area (TPSA) is 69.1 Å². The Labute approximate surface area is 81.9 Å². The maximum atomic E-state index is 5.84. The second-order valence-corrected chi connectivity index (χ2v) is 4.29. The van der Waals surface area contributed by atoms with Crippen molar-refractivity contribution in [1.82, 2.24) is 19.8 Å². The zero-order chi connectivity index (χ0) is 10.3. The van der Waals surface area contributed by atoms with Gasteiger partial charge in [-0.05, 0) is 5.41 Å². The van der Waals surface area contributed by atoms with E-state index in [0.29, 0.717) is 5.82 Å². The van der Waals surface area contributed by atoms with Crippen molar-refractivity contribution in [3.8, 4) is 0 Å². The van der Waals surface area contributed by atoms with E-state index >= 15 is 0 Å². The number of aromatic nitrogens is 4. The van der Waals surface area contributed by atoms with Crippen molar-refractivity contribution in [3.63, 3.8) is 0 Å². The fraction of sp³-hybridized carbons (Fsp3) is 0.444. The molecule has 0 radical (unpaired) electrons. The normalized spacial score (nSPS) is 12.2. The summed E-state index contributed by atoms with van der Waals surface area (Å²) in [6.45, 7) is 6.27. The van der Waals surface area contributed by atoms with Gasteiger partial charge in [0.25, 0.3) is 0 Å². The van der Waals surface area contributed by atoms with Crippen LogP contribution in [0.3, 0.4) is 0 Å². The number of anilines is 1. The van der Waals surface area contributed by atoms with Crippen molar-refractivity contribution in [3.05, 3.63) is 18.1 Å². The molecule has 14 heavy (non-hydrogen) atoms. The molecular weight excluding hydrogens is 178 g/mol. The van der Waals surface area contributed by atoms with E-state index in [-0.39, 0.29) is 5.41 Å². The molecule has 0 unspecified atom stereocenters. The minimum atomic E-state index is -0.0451. The molecule has 0 fully saturated rings. The summed E-state index contributed by atoms with van der Waals surface area (Å²) in [4.78, 5) is 3.97. The smallest absolute Gasteiger partial charge is 0.152 e. The molecule has 2 aromatic heterocycles. The average Bonchev–Trinajstić information content (AvgIpc) is 2.38. The van der Waals surface area contributed by atoms with Gasteiger partial charge in [-0.2, -0.15) is 0 Å². The van der Waals surface area contributed by atoms with Crippen LogP contribution < -0.4 is 5.73 Å². The van der Waals surface area contributed by atoms with E-state index < -0.39 is 0 Å². The van der Waals surface area contributed by atoms with Gasteiger partial charge in [0, 0.05) is 5.56 Å². The predicted molar refractivity (Wildman–Crippen MR) is 53.9 cm³/mol. The number of hydrogen-bond acceptors (Lipinski definition) is 4. The molecule has 0 bridgehead atoms. The van der Waals surface area contributed by atoms with E-state index in [0.717, 1.165) is 11.1 Å². The Bertz CT molecular complexity index is 465. The number of rotatable bonds is 0. The van der Waals surface area contributed by atoms with Gasteiger partial charge in [-0.15, -0.1) is 14.8 Å². The van der Waals surface area contributed by atoms with E-state index in [1.807, 2.05) is 0 Å². The summed E-state index contributed by atoms with van der Waals surface area (Å²) in [5.41, 5.74) is 7.67. The second kappa shape index (κ2) is 2.67. The van der Waals surface area contributed by atoms with E-state index in [1.54, 1.807) is 6.20 Å².